The van der Waals surface area contributed by atoms with E-state index in [4.69, 9.17) is 5.11 Å². The van der Waals surface area contributed by atoms with Crippen LogP contribution in [0.4, 0.5) is 4.39 Å². The van der Waals surface area contributed by atoms with Crippen molar-refractivity contribution in [1.29, 1.82) is 0 Å². The highest BCUT2D eigenvalue weighted by Crippen LogP contribution is 2.31. The zero-order valence-electron chi connectivity index (χ0n) is 12.2. The van der Waals surface area contributed by atoms with E-state index in [9.17, 15) is 9.18 Å². The first-order valence-corrected chi connectivity index (χ1v) is 7.97. The average molecular weight is 327 g/mol. The van der Waals surface area contributed by atoms with Gasteiger partial charge in [0.15, 0.2) is 0 Å². The number of para-hydroxylation sites is 1. The molecule has 5 heteroatoms. The fourth-order valence-corrected chi connectivity index (χ4v) is 3.30. The summed E-state index contributed by atoms with van der Waals surface area (Å²) in [6, 6.07) is 14.0. The SMILES string of the molecule is O=C(O)CCC(=Cc1cccc(F)c1)c1nc2ccccc2s1. The van der Waals surface area contributed by atoms with Crippen molar-refractivity contribution in [3.8, 4) is 0 Å². The van der Waals surface area contributed by atoms with Gasteiger partial charge in [-0.05, 0) is 47.9 Å². The zero-order valence-corrected chi connectivity index (χ0v) is 13.0. The van der Waals surface area contributed by atoms with Gasteiger partial charge < -0.3 is 5.11 Å². The van der Waals surface area contributed by atoms with Crippen LogP contribution in [0.1, 0.15) is 23.4 Å². The maximum Gasteiger partial charge on any atom is 0.303 e. The van der Waals surface area contributed by atoms with Gasteiger partial charge in [-0.1, -0.05) is 24.3 Å². The lowest BCUT2D eigenvalue weighted by Crippen LogP contribution is -1.95. The first-order valence-electron chi connectivity index (χ1n) is 7.16. The fraction of sp³-hybridized carbons (Fsp3) is 0.111. The molecule has 0 bridgehead atoms. The molecule has 1 N–H and O–H groups in total. The Hall–Kier alpha value is -2.53. The second-order valence-electron chi connectivity index (χ2n) is 5.11. The molecule has 1 heterocycles. The molecule has 2 aromatic carbocycles. The molecule has 0 radical (unpaired) electrons. The Morgan fingerprint density at radius 1 is 1.17 bits per heavy atom. The van der Waals surface area contributed by atoms with E-state index in [0.717, 1.165) is 20.8 Å². The summed E-state index contributed by atoms with van der Waals surface area (Å²) in [7, 11) is 0. The molecule has 1 aromatic heterocycles. The van der Waals surface area contributed by atoms with Crippen LogP contribution >= 0.6 is 11.3 Å². The second kappa shape index (κ2) is 6.71. The van der Waals surface area contributed by atoms with Gasteiger partial charge in [0.1, 0.15) is 10.8 Å². The summed E-state index contributed by atoms with van der Waals surface area (Å²) in [5.41, 5.74) is 2.39. The number of fused-ring (bicyclic) bond motifs is 1. The molecular weight excluding hydrogens is 313 g/mol. The van der Waals surface area contributed by atoms with Gasteiger partial charge in [-0.3, -0.25) is 4.79 Å². The molecule has 0 unspecified atom stereocenters. The number of carboxylic acids is 1. The molecule has 116 valence electrons. The molecule has 0 saturated carbocycles. The van der Waals surface area contributed by atoms with Crippen molar-refractivity contribution in [2.45, 2.75) is 12.8 Å². The van der Waals surface area contributed by atoms with E-state index in [0.29, 0.717) is 12.0 Å². The molecule has 0 aliphatic carbocycles. The number of halogens is 1. The van der Waals surface area contributed by atoms with Gasteiger partial charge in [-0.2, -0.15) is 0 Å². The van der Waals surface area contributed by atoms with Gasteiger partial charge in [-0.15, -0.1) is 11.3 Å². The third kappa shape index (κ3) is 3.81. The van der Waals surface area contributed by atoms with E-state index in [1.54, 1.807) is 12.1 Å². The number of carbonyl (C=O) groups is 1. The number of hydrogen-bond acceptors (Lipinski definition) is 3. The van der Waals surface area contributed by atoms with Crippen LogP contribution < -0.4 is 0 Å². The number of hydrogen-bond donors (Lipinski definition) is 1. The highest BCUT2D eigenvalue weighted by atomic mass is 32.1. The van der Waals surface area contributed by atoms with E-state index in [-0.39, 0.29) is 12.2 Å². The number of aromatic nitrogens is 1. The van der Waals surface area contributed by atoms with Gasteiger partial charge in [-0.25, -0.2) is 9.37 Å². The Morgan fingerprint density at radius 2 is 2.00 bits per heavy atom. The lowest BCUT2D eigenvalue weighted by molar-refractivity contribution is -0.136. The molecule has 3 aromatic rings. The monoisotopic (exact) mass is 327 g/mol. The molecule has 0 atom stereocenters. The maximum atomic E-state index is 13.4. The van der Waals surface area contributed by atoms with E-state index < -0.39 is 5.97 Å². The highest BCUT2D eigenvalue weighted by Gasteiger charge is 2.11. The summed E-state index contributed by atoms with van der Waals surface area (Å²) in [5.74, 6) is -1.18. The summed E-state index contributed by atoms with van der Waals surface area (Å²) in [4.78, 5) is 15.5. The number of thiazole rings is 1. The third-order valence-corrected chi connectivity index (χ3v) is 4.48. The zero-order chi connectivity index (χ0) is 16.2. The van der Waals surface area contributed by atoms with Crippen LogP contribution in [0.5, 0.6) is 0 Å². The average Bonchev–Trinajstić information content (AvgIpc) is 2.95. The third-order valence-electron chi connectivity index (χ3n) is 3.37. The van der Waals surface area contributed by atoms with Crippen LogP contribution in [0.2, 0.25) is 0 Å². The minimum Gasteiger partial charge on any atom is -0.481 e. The van der Waals surface area contributed by atoms with Crippen molar-refractivity contribution in [2.75, 3.05) is 0 Å². The standard InChI is InChI=1S/C18H14FNO2S/c19-14-5-3-4-12(11-14)10-13(8-9-17(21)22)18-20-15-6-1-2-7-16(15)23-18/h1-7,10-11H,8-9H2,(H,21,22). The van der Waals surface area contributed by atoms with Gasteiger partial charge >= 0.3 is 5.97 Å². The Morgan fingerprint density at radius 3 is 2.74 bits per heavy atom. The molecule has 0 amide bonds. The Balaban J connectivity index is 2.02. The lowest BCUT2D eigenvalue weighted by atomic mass is 10.1. The summed E-state index contributed by atoms with van der Waals surface area (Å²) in [6.45, 7) is 0. The molecule has 0 aliphatic rings. The Kier molecular flexibility index (Phi) is 4.48. The summed E-state index contributed by atoms with van der Waals surface area (Å²) < 4.78 is 14.4. The molecule has 0 aliphatic heterocycles. The second-order valence-corrected chi connectivity index (χ2v) is 6.14. The van der Waals surface area contributed by atoms with Gasteiger partial charge in [0, 0.05) is 6.42 Å². The normalized spacial score (nSPS) is 11.8. The van der Waals surface area contributed by atoms with Crippen LogP contribution in [0.15, 0.2) is 48.5 Å². The molecule has 0 saturated heterocycles. The van der Waals surface area contributed by atoms with Gasteiger partial charge in [0.25, 0.3) is 0 Å². The fourth-order valence-electron chi connectivity index (χ4n) is 2.29. The topological polar surface area (TPSA) is 50.2 Å². The van der Waals surface area contributed by atoms with Crippen LogP contribution in [-0.4, -0.2) is 16.1 Å². The number of aliphatic carboxylic acids is 1. The van der Waals surface area contributed by atoms with Crippen molar-refractivity contribution >= 4 is 39.2 Å². The predicted molar refractivity (Wildman–Crippen MR) is 90.8 cm³/mol. The minimum absolute atomic E-state index is 0.0110. The van der Waals surface area contributed by atoms with Crippen LogP contribution in [-0.2, 0) is 4.79 Å². The first-order chi connectivity index (χ1) is 11.1. The van der Waals surface area contributed by atoms with E-state index in [2.05, 4.69) is 4.98 Å². The van der Waals surface area contributed by atoms with Crippen molar-refractivity contribution in [2.24, 2.45) is 0 Å². The number of carboxylic acid groups (broad SMARTS) is 1. The van der Waals surface area contributed by atoms with E-state index in [1.807, 2.05) is 30.3 Å². The predicted octanol–water partition coefficient (Wildman–Crippen LogP) is 4.84. The first kappa shape index (κ1) is 15.4. The van der Waals surface area contributed by atoms with E-state index in [1.165, 1.54) is 23.5 Å². The Labute approximate surface area is 136 Å². The molecule has 0 fully saturated rings. The van der Waals surface area contributed by atoms with Crippen molar-refractivity contribution in [1.82, 2.24) is 4.98 Å². The van der Waals surface area contributed by atoms with Crippen LogP contribution in [0.3, 0.4) is 0 Å². The molecule has 3 nitrogen and oxygen atoms in total. The van der Waals surface area contributed by atoms with Crippen LogP contribution in [0, 0.1) is 5.82 Å². The minimum atomic E-state index is -0.865. The molecule has 3 rings (SSSR count). The molecule has 0 spiro atoms. The molecular formula is C18H14FNO2S. The Bertz CT molecular complexity index is 852. The van der Waals surface area contributed by atoms with Crippen molar-refractivity contribution in [3.63, 3.8) is 0 Å². The molecule has 23 heavy (non-hydrogen) atoms. The van der Waals surface area contributed by atoms with E-state index >= 15 is 0 Å². The van der Waals surface area contributed by atoms with Crippen molar-refractivity contribution < 1.29 is 14.3 Å². The van der Waals surface area contributed by atoms with Gasteiger partial charge in [0.2, 0.25) is 0 Å². The summed E-state index contributed by atoms with van der Waals surface area (Å²) in [5, 5.41) is 9.73. The van der Waals surface area contributed by atoms with Crippen LogP contribution in [0.25, 0.3) is 21.9 Å². The largest absolute Gasteiger partial charge is 0.481 e. The smallest absolute Gasteiger partial charge is 0.303 e. The summed E-state index contributed by atoms with van der Waals surface area (Å²) >= 11 is 1.51. The number of nitrogens with zero attached hydrogens (tertiary/aromatic N) is 1. The maximum absolute atomic E-state index is 13.4. The van der Waals surface area contributed by atoms with Crippen molar-refractivity contribution in [3.05, 3.63) is 64.9 Å². The van der Waals surface area contributed by atoms with Gasteiger partial charge in [0.05, 0.1) is 10.2 Å². The highest BCUT2D eigenvalue weighted by molar-refractivity contribution is 7.19. The quantitative estimate of drug-likeness (QED) is 0.729. The lowest BCUT2D eigenvalue weighted by Gasteiger charge is -2.03. The summed E-state index contributed by atoms with van der Waals surface area (Å²) in [6.07, 6.45) is 2.17. The number of rotatable bonds is 5. The number of allylic oxidation sites excluding steroid dienone is 1. The number of benzene rings is 2.